The number of rotatable bonds is 17. The van der Waals surface area contributed by atoms with Crippen LogP contribution in [-0.2, 0) is 32.0 Å². The molecule has 47 heavy (non-hydrogen) atoms. The maximum atomic E-state index is 13.5. The van der Waals surface area contributed by atoms with E-state index in [0.29, 0.717) is 19.4 Å². The first kappa shape index (κ1) is 38.0. The number of carbonyl (C=O) groups excluding carboxylic acids is 5. The molecule has 4 atom stereocenters. The molecule has 14 heteroatoms. The number of hydrogen-bond donors (Lipinski definition) is 8. The van der Waals surface area contributed by atoms with Crippen molar-refractivity contribution in [3.63, 3.8) is 0 Å². The number of carbonyl (C=O) groups is 5. The van der Waals surface area contributed by atoms with Crippen molar-refractivity contribution in [1.29, 1.82) is 0 Å². The van der Waals surface area contributed by atoms with E-state index in [2.05, 4.69) is 37.1 Å². The van der Waals surface area contributed by atoms with Crippen LogP contribution >= 0.6 is 0 Å². The average Bonchev–Trinajstić information content (AvgIpc) is 3.04. The molecule has 0 spiro atoms. The quantitative estimate of drug-likeness (QED) is 0.0527. The SMILES string of the molecule is CN=C(N)NCCC[C@H](NC(=O)[C@H](CC(C)C)NC(=O)NNC(=O)[C@@H](C)Cc1ccccc1)C(=O)N[C@@H](Cc1ccccc1)C(N)=O. The number of primary amides is 1. The lowest BCUT2D eigenvalue weighted by Crippen LogP contribution is -2.58. The Labute approximate surface area is 276 Å². The van der Waals surface area contributed by atoms with Crippen LogP contribution in [0, 0.1) is 11.8 Å². The third kappa shape index (κ3) is 14.7. The number of hydrazine groups is 1. The molecule has 2 rings (SSSR count). The third-order valence-corrected chi connectivity index (χ3v) is 7.25. The van der Waals surface area contributed by atoms with Crippen molar-refractivity contribution in [2.24, 2.45) is 28.3 Å². The maximum absolute atomic E-state index is 13.5. The van der Waals surface area contributed by atoms with Crippen molar-refractivity contribution < 1.29 is 24.0 Å². The minimum Gasteiger partial charge on any atom is -0.370 e. The van der Waals surface area contributed by atoms with Gasteiger partial charge in [0.15, 0.2) is 5.96 Å². The fourth-order valence-corrected chi connectivity index (χ4v) is 4.69. The molecule has 0 bridgehead atoms. The minimum absolute atomic E-state index is 0.00978. The number of benzene rings is 2. The predicted molar refractivity (Wildman–Crippen MR) is 180 cm³/mol. The third-order valence-electron chi connectivity index (χ3n) is 7.25. The van der Waals surface area contributed by atoms with E-state index in [-0.39, 0.29) is 31.1 Å². The molecule has 14 nitrogen and oxygen atoms in total. The van der Waals surface area contributed by atoms with Crippen LogP contribution in [0.25, 0.3) is 0 Å². The first-order valence-corrected chi connectivity index (χ1v) is 15.7. The summed E-state index contributed by atoms with van der Waals surface area (Å²) < 4.78 is 0. The lowest BCUT2D eigenvalue weighted by atomic mass is 10.0. The van der Waals surface area contributed by atoms with Gasteiger partial charge in [0.25, 0.3) is 0 Å². The van der Waals surface area contributed by atoms with Gasteiger partial charge in [-0.1, -0.05) is 81.4 Å². The normalized spacial score (nSPS) is 13.8. The molecule has 0 aromatic heterocycles. The molecule has 0 fully saturated rings. The summed E-state index contributed by atoms with van der Waals surface area (Å²) in [6, 6.07) is 14.6. The molecule has 2 aromatic rings. The van der Waals surface area contributed by atoms with Crippen molar-refractivity contribution in [3.05, 3.63) is 71.8 Å². The van der Waals surface area contributed by atoms with E-state index in [1.54, 1.807) is 6.92 Å². The molecular weight excluding hydrogens is 602 g/mol. The molecule has 0 aliphatic rings. The number of urea groups is 1. The van der Waals surface area contributed by atoms with Crippen LogP contribution in [0.1, 0.15) is 51.2 Å². The summed E-state index contributed by atoms with van der Waals surface area (Å²) in [5.41, 5.74) is 17.8. The Morgan fingerprint density at radius 2 is 1.26 bits per heavy atom. The average molecular weight is 652 g/mol. The molecule has 10 N–H and O–H groups in total. The van der Waals surface area contributed by atoms with Gasteiger partial charge in [0.2, 0.25) is 23.6 Å². The highest BCUT2D eigenvalue weighted by Gasteiger charge is 2.29. The molecular formula is C33H49N9O5. The smallest absolute Gasteiger partial charge is 0.334 e. The fraction of sp³-hybridized carbons (Fsp3) is 0.455. The fourth-order valence-electron chi connectivity index (χ4n) is 4.69. The number of nitrogens with two attached hydrogens (primary N) is 2. The van der Waals surface area contributed by atoms with Gasteiger partial charge in [0.1, 0.15) is 18.1 Å². The number of guanidine groups is 1. The van der Waals surface area contributed by atoms with Crippen molar-refractivity contribution in [2.75, 3.05) is 13.6 Å². The first-order chi connectivity index (χ1) is 22.4. The monoisotopic (exact) mass is 651 g/mol. The zero-order chi connectivity index (χ0) is 34.8. The number of hydrogen-bond acceptors (Lipinski definition) is 6. The van der Waals surface area contributed by atoms with Crippen LogP contribution in [0.15, 0.2) is 65.7 Å². The van der Waals surface area contributed by atoms with Crippen molar-refractivity contribution >= 4 is 35.6 Å². The van der Waals surface area contributed by atoms with E-state index in [9.17, 15) is 24.0 Å². The van der Waals surface area contributed by atoms with E-state index in [1.807, 2.05) is 74.5 Å². The Hall–Kier alpha value is -5.14. The Morgan fingerprint density at radius 1 is 0.702 bits per heavy atom. The Kier molecular flexibility index (Phi) is 16.3. The number of nitrogens with one attached hydrogen (secondary N) is 6. The van der Waals surface area contributed by atoms with Crippen LogP contribution in [0.2, 0.25) is 0 Å². The zero-order valence-electron chi connectivity index (χ0n) is 27.5. The van der Waals surface area contributed by atoms with Gasteiger partial charge < -0.3 is 32.7 Å². The molecule has 0 aliphatic heterocycles. The second kappa shape index (κ2) is 20.1. The van der Waals surface area contributed by atoms with Crippen LogP contribution in [0.5, 0.6) is 0 Å². The molecule has 0 aliphatic carbocycles. The molecule has 256 valence electrons. The van der Waals surface area contributed by atoms with E-state index >= 15 is 0 Å². The van der Waals surface area contributed by atoms with Crippen LogP contribution in [0.4, 0.5) is 4.79 Å². The zero-order valence-corrected chi connectivity index (χ0v) is 27.5. The van der Waals surface area contributed by atoms with Gasteiger partial charge in [-0.3, -0.25) is 29.6 Å². The Morgan fingerprint density at radius 3 is 1.81 bits per heavy atom. The second-order valence-corrected chi connectivity index (χ2v) is 11.8. The van der Waals surface area contributed by atoms with Gasteiger partial charge >= 0.3 is 6.03 Å². The molecule has 2 aromatic carbocycles. The van der Waals surface area contributed by atoms with Gasteiger partial charge in [-0.2, -0.15) is 0 Å². The molecule has 6 amide bonds. The summed E-state index contributed by atoms with van der Waals surface area (Å²) in [6.07, 6.45) is 1.47. The highest BCUT2D eigenvalue weighted by atomic mass is 16.2. The molecule has 0 saturated carbocycles. The van der Waals surface area contributed by atoms with Crippen LogP contribution < -0.4 is 43.6 Å². The number of amides is 6. The van der Waals surface area contributed by atoms with Gasteiger partial charge in [-0.05, 0) is 42.7 Å². The van der Waals surface area contributed by atoms with E-state index in [4.69, 9.17) is 11.5 Å². The highest BCUT2D eigenvalue weighted by molar-refractivity contribution is 5.94. The van der Waals surface area contributed by atoms with Gasteiger partial charge in [-0.25, -0.2) is 10.2 Å². The van der Waals surface area contributed by atoms with Crippen molar-refractivity contribution in [2.45, 2.75) is 71.0 Å². The second-order valence-electron chi connectivity index (χ2n) is 11.8. The summed E-state index contributed by atoms with van der Waals surface area (Å²) in [4.78, 5) is 68.4. The van der Waals surface area contributed by atoms with Crippen LogP contribution in [-0.4, -0.2) is 67.3 Å². The van der Waals surface area contributed by atoms with Gasteiger partial charge in [0, 0.05) is 25.9 Å². The molecule has 0 radical (unpaired) electrons. The summed E-state index contributed by atoms with van der Waals surface area (Å²) in [6.45, 7) is 5.86. The molecule has 0 heterocycles. The molecule has 0 unspecified atom stereocenters. The summed E-state index contributed by atoms with van der Waals surface area (Å²) in [5, 5.41) is 10.9. The standard InChI is InChI=1S/C33H49N9O5/c1-21(2)18-27(40-33(47)42-41-29(44)22(3)19-23-12-7-5-8-13-23)31(46)38-25(16-11-17-37-32(35)36-4)30(45)39-26(28(34)43)20-24-14-9-6-10-15-24/h5-10,12-15,21-22,25-27H,11,16-20H2,1-4H3,(H2,34,43)(H,38,46)(H,39,45)(H,41,44)(H3,35,36,37)(H2,40,42,47)/t22-,25-,26-,27-/m0/s1. The number of aliphatic imine (C=N–C) groups is 1. The molecule has 0 saturated heterocycles. The summed E-state index contributed by atoms with van der Waals surface area (Å²) in [5.74, 6) is -2.55. The first-order valence-electron chi connectivity index (χ1n) is 15.7. The van der Waals surface area contributed by atoms with E-state index in [1.165, 1.54) is 7.05 Å². The maximum Gasteiger partial charge on any atom is 0.334 e. The predicted octanol–water partition coefficient (Wildman–Crippen LogP) is 0.622. The van der Waals surface area contributed by atoms with E-state index in [0.717, 1.165) is 11.1 Å². The Bertz CT molecular complexity index is 1340. The van der Waals surface area contributed by atoms with Gasteiger partial charge in [-0.15, -0.1) is 0 Å². The minimum atomic E-state index is -1.07. The Balaban J connectivity index is 2.09. The highest BCUT2D eigenvalue weighted by Crippen LogP contribution is 2.10. The van der Waals surface area contributed by atoms with Crippen molar-refractivity contribution in [3.8, 4) is 0 Å². The lowest BCUT2D eigenvalue weighted by molar-refractivity contribution is -0.132. The van der Waals surface area contributed by atoms with Crippen LogP contribution in [0.3, 0.4) is 0 Å². The summed E-state index contributed by atoms with van der Waals surface area (Å²) in [7, 11) is 1.53. The van der Waals surface area contributed by atoms with Crippen molar-refractivity contribution in [1.82, 2.24) is 32.1 Å². The lowest BCUT2D eigenvalue weighted by Gasteiger charge is -2.26. The topological polar surface area (TPSA) is 222 Å². The largest absolute Gasteiger partial charge is 0.370 e. The van der Waals surface area contributed by atoms with Gasteiger partial charge in [0.05, 0.1) is 0 Å². The van der Waals surface area contributed by atoms with E-state index < -0.39 is 53.7 Å². The summed E-state index contributed by atoms with van der Waals surface area (Å²) >= 11 is 0. The number of nitrogens with zero attached hydrogens (tertiary/aromatic N) is 1.